The largest absolute Gasteiger partial charge is 0.388 e. The van der Waals surface area contributed by atoms with Crippen molar-refractivity contribution in [1.82, 2.24) is 10.2 Å². The van der Waals surface area contributed by atoms with Crippen molar-refractivity contribution in [2.75, 3.05) is 19.6 Å². The first-order valence-corrected chi connectivity index (χ1v) is 7.21. The van der Waals surface area contributed by atoms with E-state index in [1.807, 2.05) is 6.07 Å². The maximum atomic E-state index is 11.9. The fourth-order valence-electron chi connectivity index (χ4n) is 2.16. The van der Waals surface area contributed by atoms with E-state index in [-0.39, 0.29) is 18.4 Å². The molecular formula is C14H17BrN2O3. The van der Waals surface area contributed by atoms with Gasteiger partial charge in [-0.15, -0.1) is 0 Å². The van der Waals surface area contributed by atoms with Crippen LogP contribution in [0, 0.1) is 0 Å². The molecule has 1 aromatic rings. The SMILES string of the molecule is CC1(O)CCN(C(=O)CNC(=O)c2cccc(Br)c2)C1. The average Bonchev–Trinajstić information content (AvgIpc) is 2.76. The van der Waals surface area contributed by atoms with Crippen LogP contribution in [0.1, 0.15) is 23.7 Å². The third kappa shape index (κ3) is 3.80. The van der Waals surface area contributed by atoms with Crippen LogP contribution in [-0.4, -0.2) is 47.1 Å². The van der Waals surface area contributed by atoms with Crippen molar-refractivity contribution in [3.63, 3.8) is 0 Å². The number of halogens is 1. The molecule has 0 radical (unpaired) electrons. The number of benzene rings is 1. The second kappa shape index (κ2) is 5.93. The van der Waals surface area contributed by atoms with Crippen LogP contribution in [0.15, 0.2) is 28.7 Å². The molecule has 2 N–H and O–H groups in total. The van der Waals surface area contributed by atoms with Crippen molar-refractivity contribution in [2.24, 2.45) is 0 Å². The first kappa shape index (κ1) is 15.0. The summed E-state index contributed by atoms with van der Waals surface area (Å²) < 4.78 is 0.812. The predicted octanol–water partition coefficient (Wildman–Crippen LogP) is 1.16. The van der Waals surface area contributed by atoms with Crippen LogP contribution in [0.4, 0.5) is 0 Å². The lowest BCUT2D eigenvalue weighted by molar-refractivity contribution is -0.129. The summed E-state index contributed by atoms with van der Waals surface area (Å²) in [6.07, 6.45) is 0.568. The van der Waals surface area contributed by atoms with Gasteiger partial charge in [-0.2, -0.15) is 0 Å². The van der Waals surface area contributed by atoms with Crippen LogP contribution in [0.25, 0.3) is 0 Å². The highest BCUT2D eigenvalue weighted by molar-refractivity contribution is 9.10. The molecule has 1 atom stereocenters. The third-order valence-electron chi connectivity index (χ3n) is 3.29. The highest BCUT2D eigenvalue weighted by atomic mass is 79.9. The highest BCUT2D eigenvalue weighted by Gasteiger charge is 2.33. The standard InChI is InChI=1S/C14H17BrN2O3/c1-14(20)5-6-17(9-14)12(18)8-16-13(19)10-3-2-4-11(15)7-10/h2-4,7,20H,5-6,8-9H2,1H3,(H,16,19). The number of carbonyl (C=O) groups excluding carboxylic acids is 2. The lowest BCUT2D eigenvalue weighted by Crippen LogP contribution is -2.40. The minimum absolute atomic E-state index is 0.0541. The molecule has 1 aliphatic heterocycles. The van der Waals surface area contributed by atoms with Gasteiger partial charge in [0.25, 0.3) is 5.91 Å². The van der Waals surface area contributed by atoms with E-state index >= 15 is 0 Å². The van der Waals surface area contributed by atoms with Gasteiger partial charge >= 0.3 is 0 Å². The zero-order valence-corrected chi connectivity index (χ0v) is 12.8. The van der Waals surface area contributed by atoms with E-state index in [0.29, 0.717) is 25.1 Å². The highest BCUT2D eigenvalue weighted by Crippen LogP contribution is 2.19. The number of hydrogen-bond donors (Lipinski definition) is 2. The van der Waals surface area contributed by atoms with Crippen LogP contribution < -0.4 is 5.32 Å². The van der Waals surface area contributed by atoms with E-state index < -0.39 is 5.60 Å². The summed E-state index contributed by atoms with van der Waals surface area (Å²) in [4.78, 5) is 25.4. The first-order chi connectivity index (χ1) is 9.37. The molecule has 0 saturated carbocycles. The summed E-state index contributed by atoms with van der Waals surface area (Å²) >= 11 is 3.29. The van der Waals surface area contributed by atoms with Crippen molar-refractivity contribution in [1.29, 1.82) is 0 Å². The molecule has 1 fully saturated rings. The number of likely N-dealkylation sites (tertiary alicyclic amines) is 1. The van der Waals surface area contributed by atoms with Crippen molar-refractivity contribution in [3.05, 3.63) is 34.3 Å². The molecule has 108 valence electrons. The summed E-state index contributed by atoms with van der Waals surface area (Å²) in [5.41, 5.74) is -0.315. The van der Waals surface area contributed by atoms with Gasteiger partial charge in [0.05, 0.1) is 12.1 Å². The number of rotatable bonds is 3. The predicted molar refractivity (Wildman–Crippen MR) is 78.3 cm³/mol. The number of aliphatic hydroxyl groups is 1. The van der Waals surface area contributed by atoms with Crippen LogP contribution in [0.5, 0.6) is 0 Å². The van der Waals surface area contributed by atoms with Crippen molar-refractivity contribution in [3.8, 4) is 0 Å². The zero-order chi connectivity index (χ0) is 14.8. The van der Waals surface area contributed by atoms with E-state index in [4.69, 9.17) is 0 Å². The van der Waals surface area contributed by atoms with Crippen molar-refractivity contribution < 1.29 is 14.7 Å². The van der Waals surface area contributed by atoms with E-state index in [1.54, 1.807) is 30.0 Å². The lowest BCUT2D eigenvalue weighted by atomic mass is 10.1. The summed E-state index contributed by atoms with van der Waals surface area (Å²) in [5.74, 6) is -0.461. The van der Waals surface area contributed by atoms with Crippen LogP contribution in [0.2, 0.25) is 0 Å². The Kier molecular flexibility index (Phi) is 4.45. The number of carbonyl (C=O) groups is 2. The minimum Gasteiger partial charge on any atom is -0.388 e. The Bertz CT molecular complexity index is 531. The summed E-state index contributed by atoms with van der Waals surface area (Å²) in [6, 6.07) is 6.97. The molecule has 2 amide bonds. The van der Waals surface area contributed by atoms with Gasteiger partial charge in [0.15, 0.2) is 0 Å². The normalized spacial score (nSPS) is 21.9. The fourth-order valence-corrected chi connectivity index (χ4v) is 2.56. The molecular weight excluding hydrogens is 324 g/mol. The number of hydrogen-bond acceptors (Lipinski definition) is 3. The quantitative estimate of drug-likeness (QED) is 0.867. The molecule has 2 rings (SSSR count). The number of amides is 2. The summed E-state index contributed by atoms with van der Waals surface area (Å²) in [6.45, 7) is 2.50. The molecule has 6 heteroatoms. The maximum absolute atomic E-state index is 11.9. The van der Waals surface area contributed by atoms with E-state index in [1.165, 1.54) is 0 Å². The molecule has 0 bridgehead atoms. The Morgan fingerprint density at radius 2 is 2.25 bits per heavy atom. The van der Waals surface area contributed by atoms with Crippen LogP contribution in [0.3, 0.4) is 0 Å². The van der Waals surface area contributed by atoms with E-state index in [0.717, 1.165) is 4.47 Å². The summed E-state index contributed by atoms with van der Waals surface area (Å²) in [7, 11) is 0. The Balaban J connectivity index is 1.86. The monoisotopic (exact) mass is 340 g/mol. The fraction of sp³-hybridized carbons (Fsp3) is 0.429. The maximum Gasteiger partial charge on any atom is 0.251 e. The van der Waals surface area contributed by atoms with Gasteiger partial charge in [0.2, 0.25) is 5.91 Å². The van der Waals surface area contributed by atoms with Crippen molar-refractivity contribution in [2.45, 2.75) is 18.9 Å². The third-order valence-corrected chi connectivity index (χ3v) is 3.78. The number of β-amino-alcohol motifs (C(OH)–C–C–N with tert-alkyl or cyclic N) is 1. The topological polar surface area (TPSA) is 69.6 Å². The molecule has 0 aliphatic carbocycles. The molecule has 5 nitrogen and oxygen atoms in total. The van der Waals surface area contributed by atoms with Gasteiger partial charge < -0.3 is 15.3 Å². The Morgan fingerprint density at radius 1 is 1.50 bits per heavy atom. The molecule has 0 spiro atoms. The molecule has 1 saturated heterocycles. The van der Waals surface area contributed by atoms with Gasteiger partial charge in [-0.3, -0.25) is 9.59 Å². The van der Waals surface area contributed by atoms with Gasteiger partial charge in [-0.1, -0.05) is 22.0 Å². The minimum atomic E-state index is -0.816. The Hall–Kier alpha value is -1.40. The van der Waals surface area contributed by atoms with E-state index in [2.05, 4.69) is 21.2 Å². The van der Waals surface area contributed by atoms with Gasteiger partial charge in [0, 0.05) is 23.1 Å². The van der Waals surface area contributed by atoms with Gasteiger partial charge in [0.1, 0.15) is 0 Å². The van der Waals surface area contributed by atoms with E-state index in [9.17, 15) is 14.7 Å². The number of nitrogens with one attached hydrogen (secondary N) is 1. The van der Waals surface area contributed by atoms with Crippen LogP contribution >= 0.6 is 15.9 Å². The van der Waals surface area contributed by atoms with Crippen LogP contribution in [-0.2, 0) is 4.79 Å². The first-order valence-electron chi connectivity index (χ1n) is 6.41. The Morgan fingerprint density at radius 3 is 2.85 bits per heavy atom. The average molecular weight is 341 g/mol. The molecule has 1 aliphatic rings. The van der Waals surface area contributed by atoms with Gasteiger partial charge in [-0.05, 0) is 31.5 Å². The molecule has 1 heterocycles. The number of nitrogens with zero attached hydrogens (tertiary/aromatic N) is 1. The molecule has 0 aromatic heterocycles. The smallest absolute Gasteiger partial charge is 0.251 e. The molecule has 1 aromatic carbocycles. The Labute approximate surface area is 126 Å². The zero-order valence-electron chi connectivity index (χ0n) is 11.2. The molecule has 1 unspecified atom stereocenters. The molecule has 20 heavy (non-hydrogen) atoms. The lowest BCUT2D eigenvalue weighted by Gasteiger charge is -2.19. The second-order valence-corrected chi connectivity index (χ2v) is 6.17. The summed E-state index contributed by atoms with van der Waals surface area (Å²) in [5, 5.41) is 12.4. The second-order valence-electron chi connectivity index (χ2n) is 5.26. The van der Waals surface area contributed by atoms with Crippen molar-refractivity contribution >= 4 is 27.7 Å². The van der Waals surface area contributed by atoms with Gasteiger partial charge in [-0.25, -0.2) is 0 Å².